The van der Waals surface area contributed by atoms with Crippen molar-refractivity contribution in [2.24, 2.45) is 5.92 Å². The van der Waals surface area contributed by atoms with Crippen LogP contribution in [0, 0.1) is 5.92 Å². The Morgan fingerprint density at radius 2 is 1.62 bits per heavy atom. The van der Waals surface area contributed by atoms with Crippen molar-refractivity contribution in [2.45, 2.75) is 66.1 Å². The average Bonchev–Trinajstić information content (AvgIpc) is 2.50. The van der Waals surface area contributed by atoms with Crippen LogP contribution in [-0.4, -0.2) is 30.1 Å². The van der Waals surface area contributed by atoms with Gasteiger partial charge in [-0.3, -0.25) is 4.90 Å². The first-order valence-electron chi connectivity index (χ1n) is 8.60. The molecule has 0 aliphatic rings. The molecule has 21 heavy (non-hydrogen) atoms. The lowest BCUT2D eigenvalue weighted by atomic mass is 9.88. The number of hydrogen-bond donors (Lipinski definition) is 1. The number of hydrogen-bond acceptors (Lipinski definition) is 2. The molecule has 0 radical (unpaired) electrons. The Hall–Kier alpha value is -0.860. The summed E-state index contributed by atoms with van der Waals surface area (Å²) in [7, 11) is 0. The zero-order chi connectivity index (χ0) is 15.8. The maximum absolute atomic E-state index is 3.73. The van der Waals surface area contributed by atoms with Gasteiger partial charge in [0.25, 0.3) is 0 Å². The molecule has 0 bridgehead atoms. The zero-order valence-electron chi connectivity index (χ0n) is 14.8. The molecule has 0 spiro atoms. The molecular formula is C19H34N2. The Kier molecular flexibility index (Phi) is 7.98. The van der Waals surface area contributed by atoms with Gasteiger partial charge in [-0.1, -0.05) is 65.0 Å². The molecule has 1 N–H and O–H groups in total. The first-order valence-corrected chi connectivity index (χ1v) is 8.60. The van der Waals surface area contributed by atoms with Crippen LogP contribution in [0.3, 0.4) is 0 Å². The standard InChI is InChI=1S/C19H34N2/c1-7-16(6)21(9-3)19(15(4)5)18(20-8-2)17-13-11-10-12-14-17/h10-16,18-20H,7-9H2,1-6H3. The van der Waals surface area contributed by atoms with E-state index >= 15 is 0 Å². The third-order valence-electron chi connectivity index (χ3n) is 4.51. The van der Waals surface area contributed by atoms with Crippen molar-refractivity contribution in [3.05, 3.63) is 35.9 Å². The second-order valence-corrected chi connectivity index (χ2v) is 6.27. The maximum atomic E-state index is 3.73. The van der Waals surface area contributed by atoms with E-state index in [1.54, 1.807) is 0 Å². The van der Waals surface area contributed by atoms with E-state index in [4.69, 9.17) is 0 Å². The van der Waals surface area contributed by atoms with Gasteiger partial charge >= 0.3 is 0 Å². The van der Waals surface area contributed by atoms with E-state index in [-0.39, 0.29) is 0 Å². The molecular weight excluding hydrogens is 256 g/mol. The van der Waals surface area contributed by atoms with Gasteiger partial charge in [-0.05, 0) is 37.9 Å². The van der Waals surface area contributed by atoms with Gasteiger partial charge in [-0.15, -0.1) is 0 Å². The summed E-state index contributed by atoms with van der Waals surface area (Å²) in [5.41, 5.74) is 1.40. The molecule has 0 saturated heterocycles. The molecule has 0 aromatic heterocycles. The number of likely N-dealkylation sites (N-methyl/N-ethyl adjacent to an activating group) is 2. The molecule has 1 aromatic rings. The van der Waals surface area contributed by atoms with Crippen LogP contribution >= 0.6 is 0 Å². The number of nitrogens with zero attached hydrogens (tertiary/aromatic N) is 1. The highest BCUT2D eigenvalue weighted by atomic mass is 15.2. The summed E-state index contributed by atoms with van der Waals surface area (Å²) in [6, 6.07) is 12.4. The smallest absolute Gasteiger partial charge is 0.0480 e. The Balaban J connectivity index is 3.14. The quantitative estimate of drug-likeness (QED) is 0.721. The molecule has 0 aliphatic heterocycles. The van der Waals surface area contributed by atoms with Crippen LogP contribution in [0.1, 0.15) is 59.6 Å². The van der Waals surface area contributed by atoms with Gasteiger partial charge in [0, 0.05) is 18.1 Å². The Bertz CT molecular complexity index is 374. The Morgan fingerprint density at radius 3 is 2.05 bits per heavy atom. The average molecular weight is 290 g/mol. The van der Waals surface area contributed by atoms with Gasteiger partial charge in [0.15, 0.2) is 0 Å². The van der Waals surface area contributed by atoms with Gasteiger partial charge in [0.05, 0.1) is 0 Å². The monoisotopic (exact) mass is 290 g/mol. The summed E-state index contributed by atoms with van der Waals surface area (Å²) in [5, 5.41) is 3.73. The van der Waals surface area contributed by atoms with Crippen LogP contribution in [0.5, 0.6) is 0 Å². The molecule has 2 nitrogen and oxygen atoms in total. The molecule has 3 atom stereocenters. The number of nitrogens with one attached hydrogen (secondary N) is 1. The molecule has 1 aromatic carbocycles. The molecule has 3 unspecified atom stereocenters. The fourth-order valence-corrected chi connectivity index (χ4v) is 3.33. The Morgan fingerprint density at radius 1 is 1.00 bits per heavy atom. The van der Waals surface area contributed by atoms with Crippen molar-refractivity contribution in [3.8, 4) is 0 Å². The molecule has 0 amide bonds. The van der Waals surface area contributed by atoms with Gasteiger partial charge < -0.3 is 5.32 Å². The number of benzene rings is 1. The predicted octanol–water partition coefficient (Wildman–Crippen LogP) is 4.48. The summed E-state index contributed by atoms with van der Waals surface area (Å²) in [4.78, 5) is 2.67. The normalized spacial score (nSPS) is 16.2. The topological polar surface area (TPSA) is 15.3 Å². The van der Waals surface area contributed by atoms with Crippen LogP contribution in [-0.2, 0) is 0 Å². The summed E-state index contributed by atoms with van der Waals surface area (Å²) < 4.78 is 0. The van der Waals surface area contributed by atoms with E-state index in [1.807, 2.05) is 0 Å². The summed E-state index contributed by atoms with van der Waals surface area (Å²) in [5.74, 6) is 0.614. The van der Waals surface area contributed by atoms with Crippen LogP contribution in [0.15, 0.2) is 30.3 Å². The van der Waals surface area contributed by atoms with E-state index in [9.17, 15) is 0 Å². The SMILES string of the molecule is CCNC(c1ccccc1)C(C(C)C)N(CC)C(C)CC. The summed E-state index contributed by atoms with van der Waals surface area (Å²) in [6.45, 7) is 15.9. The molecule has 0 aliphatic carbocycles. The minimum absolute atomic E-state index is 0.394. The van der Waals surface area contributed by atoms with E-state index < -0.39 is 0 Å². The van der Waals surface area contributed by atoms with E-state index in [0.717, 1.165) is 13.1 Å². The van der Waals surface area contributed by atoms with E-state index in [2.05, 4.69) is 82.1 Å². The fourth-order valence-electron chi connectivity index (χ4n) is 3.33. The largest absolute Gasteiger partial charge is 0.309 e. The first kappa shape index (κ1) is 18.2. The van der Waals surface area contributed by atoms with Crippen molar-refractivity contribution in [1.82, 2.24) is 10.2 Å². The van der Waals surface area contributed by atoms with Gasteiger partial charge in [-0.25, -0.2) is 0 Å². The van der Waals surface area contributed by atoms with Crippen LogP contribution in [0.4, 0.5) is 0 Å². The second kappa shape index (κ2) is 9.22. The molecule has 0 saturated carbocycles. The highest BCUT2D eigenvalue weighted by Crippen LogP contribution is 2.28. The van der Waals surface area contributed by atoms with Crippen molar-refractivity contribution >= 4 is 0 Å². The first-order chi connectivity index (χ1) is 10.1. The van der Waals surface area contributed by atoms with Gasteiger partial charge in [0.2, 0.25) is 0 Å². The lowest BCUT2D eigenvalue weighted by Gasteiger charge is -2.43. The van der Waals surface area contributed by atoms with E-state index in [1.165, 1.54) is 12.0 Å². The molecule has 0 fully saturated rings. The highest BCUT2D eigenvalue weighted by molar-refractivity contribution is 5.21. The maximum Gasteiger partial charge on any atom is 0.0480 e. The summed E-state index contributed by atoms with van der Waals surface area (Å²) >= 11 is 0. The molecule has 1 rings (SSSR count). The third-order valence-corrected chi connectivity index (χ3v) is 4.51. The van der Waals surface area contributed by atoms with Gasteiger partial charge in [0.1, 0.15) is 0 Å². The van der Waals surface area contributed by atoms with Crippen LogP contribution in [0.25, 0.3) is 0 Å². The number of rotatable bonds is 9. The minimum atomic E-state index is 0.394. The fraction of sp³-hybridized carbons (Fsp3) is 0.684. The van der Waals surface area contributed by atoms with Crippen LogP contribution < -0.4 is 5.32 Å². The second-order valence-electron chi connectivity index (χ2n) is 6.27. The minimum Gasteiger partial charge on any atom is -0.309 e. The lowest BCUT2D eigenvalue weighted by molar-refractivity contribution is 0.0829. The van der Waals surface area contributed by atoms with Crippen molar-refractivity contribution < 1.29 is 0 Å². The van der Waals surface area contributed by atoms with E-state index in [0.29, 0.717) is 24.0 Å². The third kappa shape index (κ3) is 4.82. The van der Waals surface area contributed by atoms with Gasteiger partial charge in [-0.2, -0.15) is 0 Å². The highest BCUT2D eigenvalue weighted by Gasteiger charge is 2.32. The molecule has 120 valence electrons. The zero-order valence-corrected chi connectivity index (χ0v) is 14.8. The van der Waals surface area contributed by atoms with Crippen molar-refractivity contribution in [2.75, 3.05) is 13.1 Å². The Labute approximate surface area is 131 Å². The summed E-state index contributed by atoms with van der Waals surface area (Å²) in [6.07, 6.45) is 1.20. The lowest BCUT2D eigenvalue weighted by Crippen LogP contribution is -2.51. The predicted molar refractivity (Wildman–Crippen MR) is 93.6 cm³/mol. The van der Waals surface area contributed by atoms with Crippen LogP contribution in [0.2, 0.25) is 0 Å². The van der Waals surface area contributed by atoms with Crippen molar-refractivity contribution in [1.29, 1.82) is 0 Å². The molecule has 2 heteroatoms. The molecule has 0 heterocycles. The van der Waals surface area contributed by atoms with Crippen molar-refractivity contribution in [3.63, 3.8) is 0 Å².